The largest absolute Gasteiger partial charge is 0.379 e. The van der Waals surface area contributed by atoms with E-state index in [-0.39, 0.29) is 11.8 Å². The molecule has 7 heteroatoms. The average molecular weight is 437 g/mol. The van der Waals surface area contributed by atoms with Gasteiger partial charge in [0.1, 0.15) is 6.04 Å². The number of aryl methyl sites for hydroxylation is 1. The number of nitrogens with zero attached hydrogens (tertiary/aromatic N) is 3. The molecule has 1 atom stereocenters. The second kappa shape index (κ2) is 10.7. The molecule has 2 saturated heterocycles. The lowest BCUT2D eigenvalue weighted by molar-refractivity contribution is -0.136. The second-order valence-corrected chi connectivity index (χ2v) is 8.47. The molecule has 2 fully saturated rings. The van der Waals surface area contributed by atoms with Crippen molar-refractivity contribution in [3.05, 3.63) is 65.7 Å². The zero-order chi connectivity index (χ0) is 22.3. The standard InChI is InChI=1S/C25H32N4O3/c1-20-7-9-22(10-8-20)26-25(31)24(21-5-3-2-4-6-21)29-13-11-28(12-14-29)23(30)19-27-15-17-32-18-16-27/h2-10,24H,11-19H2,1H3,(H,26,31). The van der Waals surface area contributed by atoms with Gasteiger partial charge in [-0.3, -0.25) is 19.4 Å². The highest BCUT2D eigenvalue weighted by atomic mass is 16.5. The van der Waals surface area contributed by atoms with E-state index in [0.29, 0.717) is 45.9 Å². The number of amides is 2. The molecule has 0 spiro atoms. The number of rotatable bonds is 6. The lowest BCUT2D eigenvalue weighted by atomic mass is 10.0. The first-order valence-electron chi connectivity index (χ1n) is 11.3. The molecule has 2 heterocycles. The number of carbonyl (C=O) groups is 2. The van der Waals surface area contributed by atoms with Gasteiger partial charge in [-0.25, -0.2) is 0 Å². The van der Waals surface area contributed by atoms with Gasteiger partial charge in [0.15, 0.2) is 0 Å². The highest BCUT2D eigenvalue weighted by Gasteiger charge is 2.32. The zero-order valence-corrected chi connectivity index (χ0v) is 18.7. The fourth-order valence-corrected chi connectivity index (χ4v) is 4.29. The molecule has 4 rings (SSSR count). The van der Waals surface area contributed by atoms with Gasteiger partial charge in [0.25, 0.3) is 0 Å². The van der Waals surface area contributed by atoms with E-state index in [0.717, 1.165) is 29.9 Å². The molecular weight excluding hydrogens is 404 g/mol. The van der Waals surface area contributed by atoms with E-state index in [1.165, 1.54) is 0 Å². The molecule has 2 aliphatic heterocycles. The van der Waals surface area contributed by atoms with Crippen LogP contribution in [0, 0.1) is 6.92 Å². The number of hydrogen-bond acceptors (Lipinski definition) is 5. The normalized spacial score (nSPS) is 18.8. The summed E-state index contributed by atoms with van der Waals surface area (Å²) in [5, 5.41) is 3.07. The lowest BCUT2D eigenvalue weighted by Crippen LogP contribution is -2.54. The fraction of sp³-hybridized carbons (Fsp3) is 0.440. The minimum Gasteiger partial charge on any atom is -0.379 e. The van der Waals surface area contributed by atoms with Crippen molar-refractivity contribution in [1.29, 1.82) is 0 Å². The van der Waals surface area contributed by atoms with Crippen LogP contribution in [0.1, 0.15) is 17.2 Å². The molecule has 0 radical (unpaired) electrons. The highest BCUT2D eigenvalue weighted by Crippen LogP contribution is 2.24. The van der Waals surface area contributed by atoms with E-state index in [1.807, 2.05) is 66.4 Å². The Morgan fingerprint density at radius 3 is 2.22 bits per heavy atom. The van der Waals surface area contributed by atoms with Gasteiger partial charge in [0.05, 0.1) is 19.8 Å². The summed E-state index contributed by atoms with van der Waals surface area (Å²) in [6.45, 7) is 8.05. The second-order valence-electron chi connectivity index (χ2n) is 8.47. The Bertz CT molecular complexity index is 889. The van der Waals surface area contributed by atoms with E-state index in [1.54, 1.807) is 0 Å². The van der Waals surface area contributed by atoms with Crippen molar-refractivity contribution < 1.29 is 14.3 Å². The maximum atomic E-state index is 13.3. The summed E-state index contributed by atoms with van der Waals surface area (Å²) in [6.07, 6.45) is 0. The predicted molar refractivity (Wildman–Crippen MR) is 124 cm³/mol. The summed E-state index contributed by atoms with van der Waals surface area (Å²) in [5.41, 5.74) is 2.91. The summed E-state index contributed by atoms with van der Waals surface area (Å²) >= 11 is 0. The minimum absolute atomic E-state index is 0.0480. The third-order valence-corrected chi connectivity index (χ3v) is 6.18. The van der Waals surface area contributed by atoms with Gasteiger partial charge >= 0.3 is 0 Å². The SMILES string of the molecule is Cc1ccc(NC(=O)C(c2ccccc2)N2CCN(C(=O)CN3CCOCC3)CC2)cc1. The maximum absolute atomic E-state index is 13.3. The van der Waals surface area contributed by atoms with Crippen LogP contribution in [-0.4, -0.2) is 85.5 Å². The van der Waals surface area contributed by atoms with Crippen molar-refractivity contribution in [2.45, 2.75) is 13.0 Å². The van der Waals surface area contributed by atoms with E-state index >= 15 is 0 Å². The number of morpholine rings is 1. The van der Waals surface area contributed by atoms with E-state index in [2.05, 4.69) is 15.1 Å². The Morgan fingerprint density at radius 2 is 1.56 bits per heavy atom. The summed E-state index contributed by atoms with van der Waals surface area (Å²) in [6, 6.07) is 17.3. The van der Waals surface area contributed by atoms with Gasteiger partial charge in [0.2, 0.25) is 11.8 Å². The average Bonchev–Trinajstić information content (AvgIpc) is 2.82. The number of piperazine rings is 1. The van der Waals surface area contributed by atoms with Crippen LogP contribution in [-0.2, 0) is 14.3 Å². The van der Waals surface area contributed by atoms with Gasteiger partial charge in [-0.1, -0.05) is 48.0 Å². The number of ether oxygens (including phenoxy) is 1. The van der Waals surface area contributed by atoms with Crippen molar-refractivity contribution in [3.63, 3.8) is 0 Å². The molecule has 170 valence electrons. The maximum Gasteiger partial charge on any atom is 0.246 e. The summed E-state index contributed by atoms with van der Waals surface area (Å²) in [4.78, 5) is 32.3. The molecule has 2 aliphatic rings. The molecule has 2 aromatic rings. The first-order chi connectivity index (χ1) is 15.6. The molecule has 2 amide bonds. The monoisotopic (exact) mass is 436 g/mol. The molecule has 1 N–H and O–H groups in total. The van der Waals surface area contributed by atoms with Crippen LogP contribution in [0.2, 0.25) is 0 Å². The number of anilines is 1. The molecule has 0 aromatic heterocycles. The van der Waals surface area contributed by atoms with E-state index in [9.17, 15) is 9.59 Å². The summed E-state index contributed by atoms with van der Waals surface area (Å²) in [5.74, 6) is 0.111. The van der Waals surface area contributed by atoms with Crippen LogP contribution in [0.3, 0.4) is 0 Å². The van der Waals surface area contributed by atoms with Gasteiger partial charge in [-0.15, -0.1) is 0 Å². The van der Waals surface area contributed by atoms with Gasteiger partial charge in [-0.05, 0) is 24.6 Å². The van der Waals surface area contributed by atoms with Gasteiger partial charge in [0, 0.05) is 45.0 Å². The number of carbonyl (C=O) groups excluding carboxylic acids is 2. The molecule has 1 unspecified atom stereocenters. The summed E-state index contributed by atoms with van der Waals surface area (Å²) < 4.78 is 5.37. The molecule has 0 aliphatic carbocycles. The molecule has 7 nitrogen and oxygen atoms in total. The van der Waals surface area contributed by atoms with Crippen LogP contribution in [0.25, 0.3) is 0 Å². The number of hydrogen-bond donors (Lipinski definition) is 1. The molecular formula is C25H32N4O3. The van der Waals surface area contributed by atoms with Crippen molar-refractivity contribution in [3.8, 4) is 0 Å². The zero-order valence-electron chi connectivity index (χ0n) is 18.7. The van der Waals surface area contributed by atoms with E-state index < -0.39 is 6.04 Å². The Kier molecular flexibility index (Phi) is 7.52. The topological polar surface area (TPSA) is 65.1 Å². The Hall–Kier alpha value is -2.74. The van der Waals surface area contributed by atoms with Crippen molar-refractivity contribution in [2.24, 2.45) is 0 Å². The highest BCUT2D eigenvalue weighted by molar-refractivity contribution is 5.95. The lowest BCUT2D eigenvalue weighted by Gasteiger charge is -2.39. The minimum atomic E-state index is -0.394. The van der Waals surface area contributed by atoms with E-state index in [4.69, 9.17) is 4.74 Å². The number of nitrogens with one attached hydrogen (secondary N) is 1. The third-order valence-electron chi connectivity index (χ3n) is 6.18. The summed E-state index contributed by atoms with van der Waals surface area (Å²) in [7, 11) is 0. The predicted octanol–water partition coefficient (Wildman–Crippen LogP) is 2.15. The van der Waals surface area contributed by atoms with Gasteiger partial charge in [-0.2, -0.15) is 0 Å². The Balaban J connectivity index is 1.40. The molecule has 32 heavy (non-hydrogen) atoms. The van der Waals surface area contributed by atoms with Crippen molar-refractivity contribution in [1.82, 2.24) is 14.7 Å². The van der Waals surface area contributed by atoms with Crippen LogP contribution in [0.15, 0.2) is 54.6 Å². The first-order valence-corrected chi connectivity index (χ1v) is 11.3. The Labute approximate surface area is 189 Å². The van der Waals surface area contributed by atoms with Crippen LogP contribution in [0.5, 0.6) is 0 Å². The van der Waals surface area contributed by atoms with Crippen molar-refractivity contribution in [2.75, 3.05) is 64.3 Å². The smallest absolute Gasteiger partial charge is 0.246 e. The fourth-order valence-electron chi connectivity index (χ4n) is 4.29. The van der Waals surface area contributed by atoms with Crippen LogP contribution in [0.4, 0.5) is 5.69 Å². The first kappa shape index (κ1) is 22.5. The number of benzene rings is 2. The molecule has 0 saturated carbocycles. The third kappa shape index (κ3) is 5.73. The van der Waals surface area contributed by atoms with Gasteiger partial charge < -0.3 is 15.0 Å². The van der Waals surface area contributed by atoms with Crippen LogP contribution >= 0.6 is 0 Å². The molecule has 2 aromatic carbocycles. The molecule has 0 bridgehead atoms. The Morgan fingerprint density at radius 1 is 0.906 bits per heavy atom. The van der Waals surface area contributed by atoms with Crippen molar-refractivity contribution >= 4 is 17.5 Å². The quantitative estimate of drug-likeness (QED) is 0.752. The van der Waals surface area contributed by atoms with Crippen LogP contribution < -0.4 is 5.32 Å².